The third-order valence-electron chi connectivity index (χ3n) is 4.46. The van der Waals surface area contributed by atoms with E-state index in [9.17, 15) is 10.1 Å². The second-order valence-corrected chi connectivity index (χ2v) is 7.03. The zero-order valence-corrected chi connectivity index (χ0v) is 14.6. The van der Waals surface area contributed by atoms with Gasteiger partial charge in [0.2, 0.25) is 0 Å². The van der Waals surface area contributed by atoms with E-state index >= 15 is 0 Å². The minimum Gasteiger partial charge on any atom is -0.306 e. The first-order chi connectivity index (χ1) is 11.7. The fraction of sp³-hybridized carbons (Fsp3) is 0.667. The van der Waals surface area contributed by atoms with Gasteiger partial charge in [-0.1, -0.05) is 43.9 Å². The van der Waals surface area contributed by atoms with Crippen molar-refractivity contribution in [3.63, 3.8) is 0 Å². The highest BCUT2D eigenvalue weighted by Gasteiger charge is 2.19. The van der Waals surface area contributed by atoms with Gasteiger partial charge in [0.25, 0.3) is 0 Å². The number of hydrogen-bond donors (Lipinski definition) is 0. The minimum absolute atomic E-state index is 0.00514. The van der Waals surface area contributed by atoms with Gasteiger partial charge >= 0.3 is 5.69 Å². The monoisotopic (exact) mass is 350 g/mol. The first-order valence-corrected chi connectivity index (χ1v) is 9.37. The van der Waals surface area contributed by atoms with Crippen molar-refractivity contribution in [1.82, 2.24) is 24.5 Å². The smallest absolute Gasteiger partial charge is 0.306 e. The van der Waals surface area contributed by atoms with E-state index in [4.69, 9.17) is 0 Å². The van der Waals surface area contributed by atoms with Crippen LogP contribution in [0.1, 0.15) is 44.9 Å². The van der Waals surface area contributed by atoms with E-state index in [0.29, 0.717) is 5.88 Å². The number of nitrogens with zero attached hydrogens (tertiary/aromatic N) is 6. The molecule has 1 fully saturated rings. The van der Waals surface area contributed by atoms with Gasteiger partial charge in [-0.05, 0) is 12.8 Å². The Balaban J connectivity index is 1.63. The van der Waals surface area contributed by atoms with Crippen LogP contribution in [0, 0.1) is 16.0 Å². The maximum atomic E-state index is 10.7. The van der Waals surface area contributed by atoms with Gasteiger partial charge in [-0.2, -0.15) is 5.10 Å². The van der Waals surface area contributed by atoms with Gasteiger partial charge in [-0.15, -0.1) is 10.2 Å². The van der Waals surface area contributed by atoms with Crippen molar-refractivity contribution in [2.75, 3.05) is 0 Å². The summed E-state index contributed by atoms with van der Waals surface area (Å²) >= 11 is 1.50. The van der Waals surface area contributed by atoms with E-state index < -0.39 is 4.92 Å². The molecule has 1 aliphatic rings. The summed E-state index contributed by atoms with van der Waals surface area (Å²) < 4.78 is 3.70. The highest BCUT2D eigenvalue weighted by molar-refractivity contribution is 7.98. The second kappa shape index (κ2) is 7.78. The molecule has 0 aromatic carbocycles. The molecule has 0 bridgehead atoms. The summed E-state index contributed by atoms with van der Waals surface area (Å²) in [4.78, 5) is 10.3. The average molecular weight is 350 g/mol. The van der Waals surface area contributed by atoms with Crippen LogP contribution < -0.4 is 0 Å². The largest absolute Gasteiger partial charge is 0.307 e. The maximum absolute atomic E-state index is 10.7. The lowest BCUT2D eigenvalue weighted by molar-refractivity contribution is -0.385. The van der Waals surface area contributed by atoms with Crippen LogP contribution in [0.25, 0.3) is 0 Å². The van der Waals surface area contributed by atoms with Crippen molar-refractivity contribution in [2.45, 2.75) is 63.0 Å². The standard InChI is InChI=1S/C15H22N6O2S/c1-2-20-14(8-12-6-4-3-5-7-12)17-18-15(20)24-11-19-10-13(9-16-19)21(22)23/h9-10,12H,2-8,11H2,1H3. The van der Waals surface area contributed by atoms with Crippen LogP contribution in [0.15, 0.2) is 17.6 Å². The summed E-state index contributed by atoms with van der Waals surface area (Å²) in [6, 6.07) is 0. The molecule has 0 amide bonds. The van der Waals surface area contributed by atoms with Gasteiger partial charge in [-0.25, -0.2) is 0 Å². The third kappa shape index (κ3) is 3.95. The molecule has 0 N–H and O–H groups in total. The van der Waals surface area contributed by atoms with Crippen molar-refractivity contribution in [3.8, 4) is 0 Å². The minimum atomic E-state index is -0.439. The maximum Gasteiger partial charge on any atom is 0.307 e. The molecule has 1 aliphatic carbocycles. The van der Waals surface area contributed by atoms with E-state index in [1.165, 1.54) is 56.3 Å². The highest BCUT2D eigenvalue weighted by atomic mass is 32.2. The molecule has 0 saturated heterocycles. The predicted molar refractivity (Wildman–Crippen MR) is 90.7 cm³/mol. The Morgan fingerprint density at radius 2 is 2.12 bits per heavy atom. The second-order valence-electron chi connectivity index (χ2n) is 6.12. The zero-order chi connectivity index (χ0) is 16.9. The zero-order valence-electron chi connectivity index (χ0n) is 13.8. The molecule has 130 valence electrons. The summed E-state index contributed by atoms with van der Waals surface area (Å²) in [6.45, 7) is 2.92. The topological polar surface area (TPSA) is 91.7 Å². The summed E-state index contributed by atoms with van der Waals surface area (Å²) in [6.07, 6.45) is 10.3. The van der Waals surface area contributed by atoms with Gasteiger partial charge in [-0.3, -0.25) is 14.8 Å². The van der Waals surface area contributed by atoms with E-state index in [2.05, 4.69) is 26.8 Å². The van der Waals surface area contributed by atoms with Crippen LogP contribution in [0.2, 0.25) is 0 Å². The molecule has 2 aromatic rings. The lowest BCUT2D eigenvalue weighted by atomic mass is 9.87. The van der Waals surface area contributed by atoms with E-state index in [1.807, 2.05) is 0 Å². The molecule has 9 heteroatoms. The van der Waals surface area contributed by atoms with Crippen molar-refractivity contribution in [1.29, 1.82) is 0 Å². The molecule has 0 radical (unpaired) electrons. The van der Waals surface area contributed by atoms with Crippen LogP contribution in [-0.4, -0.2) is 29.5 Å². The number of nitro groups is 1. The summed E-state index contributed by atoms with van der Waals surface area (Å²) in [5.74, 6) is 2.26. The lowest BCUT2D eigenvalue weighted by Gasteiger charge is -2.21. The van der Waals surface area contributed by atoms with Crippen molar-refractivity contribution in [3.05, 3.63) is 28.3 Å². The van der Waals surface area contributed by atoms with Gasteiger partial charge in [0.05, 0.1) is 10.8 Å². The Kier molecular flexibility index (Phi) is 5.49. The lowest BCUT2D eigenvalue weighted by Crippen LogP contribution is -2.13. The Bertz CT molecular complexity index is 692. The van der Waals surface area contributed by atoms with E-state index in [0.717, 1.165) is 29.9 Å². The Labute approximate surface area is 144 Å². The molecule has 24 heavy (non-hydrogen) atoms. The van der Waals surface area contributed by atoms with Gasteiger partial charge in [0, 0.05) is 13.0 Å². The summed E-state index contributed by atoms with van der Waals surface area (Å²) in [5.41, 5.74) is 0.00514. The van der Waals surface area contributed by atoms with Gasteiger partial charge in [0.15, 0.2) is 5.16 Å². The fourth-order valence-electron chi connectivity index (χ4n) is 3.19. The highest BCUT2D eigenvalue weighted by Crippen LogP contribution is 2.28. The summed E-state index contributed by atoms with van der Waals surface area (Å²) in [7, 11) is 0. The number of rotatable bonds is 7. The van der Waals surface area contributed by atoms with Gasteiger partial charge in [0.1, 0.15) is 18.2 Å². The van der Waals surface area contributed by atoms with E-state index in [-0.39, 0.29) is 5.69 Å². The number of thioether (sulfide) groups is 1. The van der Waals surface area contributed by atoms with Crippen LogP contribution in [0.3, 0.4) is 0 Å². The van der Waals surface area contributed by atoms with Crippen LogP contribution in [0.5, 0.6) is 0 Å². The van der Waals surface area contributed by atoms with Crippen LogP contribution in [0.4, 0.5) is 5.69 Å². The number of hydrogen-bond acceptors (Lipinski definition) is 6. The molecule has 0 unspecified atom stereocenters. The normalized spacial score (nSPS) is 15.7. The van der Waals surface area contributed by atoms with Crippen molar-refractivity contribution >= 4 is 17.4 Å². The van der Waals surface area contributed by atoms with Crippen molar-refractivity contribution < 1.29 is 4.92 Å². The molecule has 3 rings (SSSR count). The van der Waals surface area contributed by atoms with Crippen molar-refractivity contribution in [2.24, 2.45) is 5.92 Å². The molecule has 0 atom stereocenters. The van der Waals surface area contributed by atoms with E-state index in [1.54, 1.807) is 4.68 Å². The Hall–Kier alpha value is -1.90. The quantitative estimate of drug-likeness (QED) is 0.432. The van der Waals surface area contributed by atoms with Gasteiger partial charge < -0.3 is 4.57 Å². The van der Waals surface area contributed by atoms with Crippen LogP contribution >= 0.6 is 11.8 Å². The molecule has 1 saturated carbocycles. The molecule has 8 nitrogen and oxygen atoms in total. The average Bonchev–Trinajstić information content (AvgIpc) is 3.20. The van der Waals surface area contributed by atoms with Crippen LogP contribution in [-0.2, 0) is 18.8 Å². The molecule has 0 aliphatic heterocycles. The first-order valence-electron chi connectivity index (χ1n) is 8.39. The molecule has 2 aromatic heterocycles. The first kappa shape index (κ1) is 16.9. The Morgan fingerprint density at radius 1 is 1.33 bits per heavy atom. The number of aromatic nitrogens is 5. The predicted octanol–water partition coefficient (Wildman–Crippen LogP) is 3.28. The molecule has 2 heterocycles. The SMILES string of the molecule is CCn1c(CC2CCCCC2)nnc1SCn1cc([N+](=O)[O-])cn1. The molecule has 0 spiro atoms. The summed E-state index contributed by atoms with van der Waals surface area (Å²) in [5, 5.41) is 24.2. The Morgan fingerprint density at radius 3 is 2.79 bits per heavy atom. The molecular formula is C15H22N6O2S. The fourth-order valence-corrected chi connectivity index (χ4v) is 4.06. The third-order valence-corrected chi connectivity index (χ3v) is 5.42. The molecular weight excluding hydrogens is 328 g/mol.